The van der Waals surface area contributed by atoms with E-state index in [-0.39, 0.29) is 0 Å². The van der Waals surface area contributed by atoms with Gasteiger partial charge in [0.05, 0.1) is 0 Å². The third-order valence-electron chi connectivity index (χ3n) is 3.02. The third kappa shape index (κ3) is 3.97. The Morgan fingerprint density at radius 2 is 1.39 bits per heavy atom. The van der Waals surface area contributed by atoms with Crippen molar-refractivity contribution < 1.29 is 0 Å². The van der Waals surface area contributed by atoms with Crippen LogP contribution in [0.3, 0.4) is 0 Å². The monoisotopic (exact) mass is 303 g/mol. The Balaban J connectivity index is 1.99. The summed E-state index contributed by atoms with van der Waals surface area (Å²) in [6.07, 6.45) is 0. The van der Waals surface area contributed by atoms with Crippen LogP contribution in [-0.2, 0) is 13.1 Å². The van der Waals surface area contributed by atoms with Gasteiger partial charge in [-0.3, -0.25) is 4.90 Å². The molecule has 0 saturated carbocycles. The lowest BCUT2D eigenvalue weighted by Gasteiger charge is -2.20. The average Bonchev–Trinajstić information content (AvgIpc) is 2.41. The summed E-state index contributed by atoms with van der Waals surface area (Å²) >= 11 is 3.47. The zero-order valence-corrected chi connectivity index (χ0v) is 12.2. The van der Waals surface area contributed by atoms with Gasteiger partial charge in [-0.15, -0.1) is 0 Å². The summed E-state index contributed by atoms with van der Waals surface area (Å²) in [5.41, 5.74) is 2.73. The quantitative estimate of drug-likeness (QED) is 0.787. The summed E-state index contributed by atoms with van der Waals surface area (Å²) in [5, 5.41) is 0. The lowest BCUT2D eigenvalue weighted by molar-refractivity contribution is 0.271. The molecule has 0 amide bonds. The summed E-state index contributed by atoms with van der Waals surface area (Å²) in [5.74, 6) is 0. The average molecular weight is 304 g/mol. The smallest absolute Gasteiger partial charge is 0.0237 e. The Morgan fingerprint density at radius 3 is 1.94 bits per heavy atom. The molecule has 0 bridgehead atoms. The fourth-order valence-electron chi connectivity index (χ4n) is 1.97. The fraction of sp³-hybridized carbons (Fsp3) is 0.250. The van der Waals surface area contributed by atoms with Gasteiger partial charge in [0, 0.05) is 17.6 Å². The molecule has 0 aromatic heterocycles. The lowest BCUT2D eigenvalue weighted by atomic mass is 10.1. The molecule has 0 aliphatic heterocycles. The first-order valence-corrected chi connectivity index (χ1v) is 7.08. The number of hydrogen-bond donors (Lipinski definition) is 0. The summed E-state index contributed by atoms with van der Waals surface area (Å²) in [6.45, 7) is 5.28. The van der Waals surface area contributed by atoms with Crippen LogP contribution in [0.5, 0.6) is 0 Å². The maximum absolute atomic E-state index is 3.47. The number of rotatable bonds is 5. The summed E-state index contributed by atoms with van der Waals surface area (Å²) in [7, 11) is 0. The molecule has 0 unspecified atom stereocenters. The van der Waals surface area contributed by atoms with Crippen molar-refractivity contribution >= 4 is 15.9 Å². The molecular formula is C16H18BrN. The molecule has 0 aliphatic carbocycles. The number of benzene rings is 2. The summed E-state index contributed by atoms with van der Waals surface area (Å²) in [4.78, 5) is 2.44. The number of halogens is 1. The van der Waals surface area contributed by atoms with Crippen molar-refractivity contribution in [2.75, 3.05) is 6.54 Å². The van der Waals surface area contributed by atoms with E-state index in [4.69, 9.17) is 0 Å². The predicted molar refractivity (Wildman–Crippen MR) is 80.4 cm³/mol. The molecule has 2 aromatic rings. The SMILES string of the molecule is CCN(Cc1ccccc1)Cc1ccc(Br)cc1. The minimum absolute atomic E-state index is 0.999. The van der Waals surface area contributed by atoms with Crippen LogP contribution >= 0.6 is 15.9 Å². The highest BCUT2D eigenvalue weighted by Crippen LogP contribution is 2.13. The van der Waals surface area contributed by atoms with Gasteiger partial charge < -0.3 is 0 Å². The molecule has 2 rings (SSSR count). The first-order valence-electron chi connectivity index (χ1n) is 6.28. The zero-order chi connectivity index (χ0) is 12.8. The Morgan fingerprint density at radius 1 is 0.833 bits per heavy atom. The first kappa shape index (κ1) is 13.3. The molecule has 0 N–H and O–H groups in total. The Kier molecular flexibility index (Phi) is 4.97. The van der Waals surface area contributed by atoms with Gasteiger partial charge in [0.2, 0.25) is 0 Å². The van der Waals surface area contributed by atoms with Crippen molar-refractivity contribution in [2.24, 2.45) is 0 Å². The van der Waals surface area contributed by atoms with Crippen LogP contribution in [0.25, 0.3) is 0 Å². The second-order valence-corrected chi connectivity index (χ2v) is 5.33. The molecule has 0 spiro atoms. The van der Waals surface area contributed by atoms with Gasteiger partial charge in [-0.05, 0) is 29.8 Å². The van der Waals surface area contributed by atoms with Crippen LogP contribution in [0, 0.1) is 0 Å². The van der Waals surface area contributed by atoms with Crippen molar-refractivity contribution in [3.8, 4) is 0 Å². The van der Waals surface area contributed by atoms with E-state index in [0.29, 0.717) is 0 Å². The predicted octanol–water partition coefficient (Wildman–Crippen LogP) is 4.47. The zero-order valence-electron chi connectivity index (χ0n) is 10.6. The highest BCUT2D eigenvalue weighted by molar-refractivity contribution is 9.10. The van der Waals surface area contributed by atoms with Crippen LogP contribution in [0.15, 0.2) is 59.1 Å². The first-order chi connectivity index (χ1) is 8.78. The van der Waals surface area contributed by atoms with Crippen LogP contribution < -0.4 is 0 Å². The molecule has 18 heavy (non-hydrogen) atoms. The molecule has 1 nitrogen and oxygen atoms in total. The molecule has 0 fully saturated rings. The number of hydrogen-bond acceptors (Lipinski definition) is 1. The molecule has 0 saturated heterocycles. The van der Waals surface area contributed by atoms with Crippen LogP contribution in [0.1, 0.15) is 18.1 Å². The molecular weight excluding hydrogens is 286 g/mol. The molecule has 0 radical (unpaired) electrons. The van der Waals surface area contributed by atoms with E-state index in [0.717, 1.165) is 24.1 Å². The van der Waals surface area contributed by atoms with E-state index in [1.807, 2.05) is 0 Å². The summed E-state index contributed by atoms with van der Waals surface area (Å²) in [6, 6.07) is 19.2. The molecule has 0 atom stereocenters. The normalized spacial score (nSPS) is 10.8. The number of nitrogens with zero attached hydrogens (tertiary/aromatic N) is 1. The van der Waals surface area contributed by atoms with Crippen molar-refractivity contribution in [3.05, 3.63) is 70.2 Å². The molecule has 2 heteroatoms. The topological polar surface area (TPSA) is 3.24 Å². The van der Waals surface area contributed by atoms with Gasteiger partial charge in [-0.25, -0.2) is 0 Å². The highest BCUT2D eigenvalue weighted by atomic mass is 79.9. The minimum Gasteiger partial charge on any atom is -0.295 e. The highest BCUT2D eigenvalue weighted by Gasteiger charge is 2.04. The van der Waals surface area contributed by atoms with Crippen LogP contribution in [-0.4, -0.2) is 11.4 Å². The van der Waals surface area contributed by atoms with Gasteiger partial charge in [-0.2, -0.15) is 0 Å². The van der Waals surface area contributed by atoms with Gasteiger partial charge in [0.15, 0.2) is 0 Å². The maximum atomic E-state index is 3.47. The molecule has 0 aliphatic rings. The maximum Gasteiger partial charge on any atom is 0.0237 e. The Hall–Kier alpha value is -1.12. The molecule has 2 aromatic carbocycles. The third-order valence-corrected chi connectivity index (χ3v) is 3.54. The van der Waals surface area contributed by atoms with Gasteiger partial charge >= 0.3 is 0 Å². The lowest BCUT2D eigenvalue weighted by Crippen LogP contribution is -2.22. The molecule has 94 valence electrons. The Labute approximate surface area is 118 Å². The van der Waals surface area contributed by atoms with E-state index >= 15 is 0 Å². The van der Waals surface area contributed by atoms with Crippen molar-refractivity contribution in [3.63, 3.8) is 0 Å². The largest absolute Gasteiger partial charge is 0.295 e. The standard InChI is InChI=1S/C16H18BrN/c1-2-18(12-14-6-4-3-5-7-14)13-15-8-10-16(17)11-9-15/h3-11H,2,12-13H2,1H3. The van der Waals surface area contributed by atoms with Crippen LogP contribution in [0.4, 0.5) is 0 Å². The van der Waals surface area contributed by atoms with Crippen LogP contribution in [0.2, 0.25) is 0 Å². The van der Waals surface area contributed by atoms with Gasteiger partial charge in [-0.1, -0.05) is 65.3 Å². The summed E-state index contributed by atoms with van der Waals surface area (Å²) < 4.78 is 1.14. The fourth-order valence-corrected chi connectivity index (χ4v) is 2.23. The van der Waals surface area contributed by atoms with E-state index in [1.54, 1.807) is 0 Å². The van der Waals surface area contributed by atoms with Gasteiger partial charge in [0.1, 0.15) is 0 Å². The van der Waals surface area contributed by atoms with Gasteiger partial charge in [0.25, 0.3) is 0 Å². The molecule has 0 heterocycles. The second-order valence-electron chi connectivity index (χ2n) is 4.42. The Bertz CT molecular complexity index is 464. The van der Waals surface area contributed by atoms with E-state index < -0.39 is 0 Å². The van der Waals surface area contributed by atoms with E-state index in [9.17, 15) is 0 Å². The van der Waals surface area contributed by atoms with Crippen molar-refractivity contribution in [2.45, 2.75) is 20.0 Å². The second kappa shape index (κ2) is 6.72. The van der Waals surface area contributed by atoms with E-state index in [1.165, 1.54) is 11.1 Å². The van der Waals surface area contributed by atoms with Crippen molar-refractivity contribution in [1.29, 1.82) is 0 Å². The van der Waals surface area contributed by atoms with Crippen molar-refractivity contribution in [1.82, 2.24) is 4.90 Å². The minimum atomic E-state index is 0.999. The van der Waals surface area contributed by atoms with E-state index in [2.05, 4.69) is 82.4 Å².